The Morgan fingerprint density at radius 1 is 1.06 bits per heavy atom. The van der Waals surface area contributed by atoms with E-state index in [0.29, 0.717) is 23.9 Å². The molecule has 0 unspecified atom stereocenters. The van der Waals surface area contributed by atoms with E-state index in [4.69, 9.17) is 9.47 Å². The van der Waals surface area contributed by atoms with Gasteiger partial charge < -0.3 is 19.7 Å². The minimum atomic E-state index is -4.18. The van der Waals surface area contributed by atoms with Crippen LogP contribution in [0.1, 0.15) is 43.2 Å². The summed E-state index contributed by atoms with van der Waals surface area (Å²) in [6.07, 6.45) is 1.10. The Morgan fingerprint density at radius 2 is 1.84 bits per heavy atom. The lowest BCUT2D eigenvalue weighted by atomic mass is 10.0. The number of anilines is 1. The van der Waals surface area contributed by atoms with E-state index < -0.39 is 12.6 Å². The van der Waals surface area contributed by atoms with Crippen LogP contribution in [0.25, 0.3) is 10.9 Å². The molecule has 1 aliphatic heterocycles. The standard InChI is InChI=1S/C23H30F3N3O2/c1-30-20-14-18-16-6-4-7-17(16)22(27-9-8-23(24,25)26)28-19(18)15-21(20)31-13-5-12-29-10-2-3-11-29/h14-15H,2-13H2,1H3,(H,27,28). The molecule has 170 valence electrons. The molecule has 0 radical (unpaired) electrons. The zero-order chi connectivity index (χ0) is 21.8. The van der Waals surface area contributed by atoms with E-state index in [-0.39, 0.29) is 6.54 Å². The maximum Gasteiger partial charge on any atom is 0.390 e. The van der Waals surface area contributed by atoms with Crippen molar-refractivity contribution < 1.29 is 22.6 Å². The summed E-state index contributed by atoms with van der Waals surface area (Å²) in [5, 5.41) is 3.91. The van der Waals surface area contributed by atoms with Crippen LogP contribution >= 0.6 is 0 Å². The van der Waals surface area contributed by atoms with Crippen molar-refractivity contribution in [2.24, 2.45) is 0 Å². The second-order valence-corrected chi connectivity index (χ2v) is 8.33. The number of nitrogens with one attached hydrogen (secondary N) is 1. The SMILES string of the molecule is COc1cc2c3c(c(NCCC(F)(F)F)nc2cc1OCCCN1CCCC1)CCC3. The molecule has 1 N–H and O–H groups in total. The number of methoxy groups -OCH3 is 1. The van der Waals surface area contributed by atoms with Crippen molar-refractivity contribution in [2.75, 3.05) is 45.2 Å². The maximum atomic E-state index is 12.6. The number of halogens is 3. The number of rotatable bonds is 9. The molecule has 0 atom stereocenters. The topological polar surface area (TPSA) is 46.6 Å². The van der Waals surface area contributed by atoms with E-state index in [1.54, 1.807) is 7.11 Å². The minimum absolute atomic E-state index is 0.176. The first kappa shape index (κ1) is 22.0. The van der Waals surface area contributed by atoms with Gasteiger partial charge in [0, 0.05) is 24.5 Å². The molecule has 5 nitrogen and oxygen atoms in total. The minimum Gasteiger partial charge on any atom is -0.493 e. The van der Waals surface area contributed by atoms with Gasteiger partial charge in [0.1, 0.15) is 5.82 Å². The normalized spacial score (nSPS) is 16.6. The third-order valence-electron chi connectivity index (χ3n) is 6.12. The number of likely N-dealkylation sites (tertiary alicyclic amines) is 1. The molecule has 2 aliphatic rings. The summed E-state index contributed by atoms with van der Waals surface area (Å²) in [5.74, 6) is 1.86. The summed E-state index contributed by atoms with van der Waals surface area (Å²) in [6, 6.07) is 3.82. The average molecular weight is 438 g/mol. The molecule has 0 bridgehead atoms. The molecule has 8 heteroatoms. The molecule has 1 aliphatic carbocycles. The van der Waals surface area contributed by atoms with Crippen LogP contribution in [-0.4, -0.2) is 56.0 Å². The third-order valence-corrected chi connectivity index (χ3v) is 6.12. The van der Waals surface area contributed by atoms with Crippen molar-refractivity contribution in [3.63, 3.8) is 0 Å². The number of benzene rings is 1. The lowest BCUT2D eigenvalue weighted by Gasteiger charge is -2.17. The van der Waals surface area contributed by atoms with Gasteiger partial charge in [-0.25, -0.2) is 4.98 Å². The predicted octanol–water partition coefficient (Wildman–Crippen LogP) is 4.96. The molecule has 1 fully saturated rings. The monoisotopic (exact) mass is 437 g/mol. The summed E-state index contributed by atoms with van der Waals surface area (Å²) in [6.45, 7) is 3.76. The number of pyridine rings is 1. The Balaban J connectivity index is 1.52. The highest BCUT2D eigenvalue weighted by Gasteiger charge is 2.27. The fourth-order valence-corrected chi connectivity index (χ4v) is 4.59. The van der Waals surface area contributed by atoms with Gasteiger partial charge in [-0.05, 0) is 68.8 Å². The van der Waals surface area contributed by atoms with E-state index in [0.717, 1.165) is 54.3 Å². The van der Waals surface area contributed by atoms with Crippen LogP contribution in [0.5, 0.6) is 11.5 Å². The highest BCUT2D eigenvalue weighted by Crippen LogP contribution is 2.39. The number of aryl methyl sites for hydroxylation is 1. The number of alkyl halides is 3. The largest absolute Gasteiger partial charge is 0.493 e. The smallest absolute Gasteiger partial charge is 0.390 e. The van der Waals surface area contributed by atoms with Gasteiger partial charge in [-0.2, -0.15) is 13.2 Å². The van der Waals surface area contributed by atoms with Gasteiger partial charge in [-0.15, -0.1) is 0 Å². The highest BCUT2D eigenvalue weighted by atomic mass is 19.4. The summed E-state index contributed by atoms with van der Waals surface area (Å²) in [4.78, 5) is 7.12. The van der Waals surface area contributed by atoms with Gasteiger partial charge in [0.15, 0.2) is 11.5 Å². The van der Waals surface area contributed by atoms with Crippen LogP contribution in [0, 0.1) is 0 Å². The molecule has 31 heavy (non-hydrogen) atoms. The molecule has 0 amide bonds. The number of hydrogen-bond donors (Lipinski definition) is 1. The quantitative estimate of drug-likeness (QED) is 0.562. The first-order valence-electron chi connectivity index (χ1n) is 11.1. The van der Waals surface area contributed by atoms with Crippen LogP contribution in [0.3, 0.4) is 0 Å². The number of fused-ring (bicyclic) bond motifs is 3. The maximum absolute atomic E-state index is 12.6. The van der Waals surface area contributed by atoms with E-state index in [9.17, 15) is 13.2 Å². The van der Waals surface area contributed by atoms with Gasteiger partial charge in [-0.1, -0.05) is 0 Å². The van der Waals surface area contributed by atoms with Gasteiger partial charge in [-0.3, -0.25) is 0 Å². The first-order valence-corrected chi connectivity index (χ1v) is 11.1. The van der Waals surface area contributed by atoms with Crippen molar-refractivity contribution in [2.45, 2.75) is 51.1 Å². The average Bonchev–Trinajstić information content (AvgIpc) is 3.42. The van der Waals surface area contributed by atoms with Gasteiger partial charge in [0.25, 0.3) is 0 Å². The molecular formula is C23H30F3N3O2. The van der Waals surface area contributed by atoms with Crippen LogP contribution in [0.15, 0.2) is 12.1 Å². The Labute approximate surface area is 180 Å². The zero-order valence-electron chi connectivity index (χ0n) is 18.0. The summed E-state index contributed by atoms with van der Waals surface area (Å²) >= 11 is 0. The predicted molar refractivity (Wildman–Crippen MR) is 115 cm³/mol. The van der Waals surface area contributed by atoms with Crippen molar-refractivity contribution in [3.8, 4) is 11.5 Å². The van der Waals surface area contributed by atoms with Crippen LogP contribution in [0.2, 0.25) is 0 Å². The van der Waals surface area contributed by atoms with Gasteiger partial charge in [0.2, 0.25) is 0 Å². The first-order chi connectivity index (χ1) is 14.9. The Morgan fingerprint density at radius 3 is 2.58 bits per heavy atom. The molecule has 0 spiro atoms. The third kappa shape index (κ3) is 5.34. The molecule has 2 aromatic rings. The molecule has 1 saturated heterocycles. The second-order valence-electron chi connectivity index (χ2n) is 8.33. The molecule has 4 rings (SSSR count). The second kappa shape index (κ2) is 9.51. The summed E-state index contributed by atoms with van der Waals surface area (Å²) in [7, 11) is 1.62. The number of ether oxygens (including phenoxy) is 2. The van der Waals surface area contributed by atoms with Gasteiger partial charge >= 0.3 is 6.18 Å². The Bertz CT molecular complexity index is 911. The zero-order valence-corrected chi connectivity index (χ0v) is 18.0. The lowest BCUT2D eigenvalue weighted by Crippen LogP contribution is -2.21. The van der Waals surface area contributed by atoms with E-state index in [1.807, 2.05) is 12.1 Å². The molecule has 1 aromatic carbocycles. The highest BCUT2D eigenvalue weighted by molar-refractivity contribution is 5.89. The van der Waals surface area contributed by atoms with Crippen LogP contribution in [-0.2, 0) is 12.8 Å². The summed E-state index contributed by atoms with van der Waals surface area (Å²) < 4.78 is 49.3. The number of nitrogens with zero attached hydrogens (tertiary/aromatic N) is 2. The fraction of sp³-hybridized carbons (Fsp3) is 0.609. The van der Waals surface area contributed by atoms with Crippen molar-refractivity contribution in [1.29, 1.82) is 0 Å². The summed E-state index contributed by atoms with van der Waals surface area (Å²) in [5.41, 5.74) is 2.90. The number of hydrogen-bond acceptors (Lipinski definition) is 5. The number of aromatic nitrogens is 1. The van der Waals surface area contributed by atoms with E-state index >= 15 is 0 Å². The molecule has 2 heterocycles. The van der Waals surface area contributed by atoms with Crippen LogP contribution in [0.4, 0.5) is 19.0 Å². The van der Waals surface area contributed by atoms with Crippen molar-refractivity contribution >= 4 is 16.7 Å². The van der Waals surface area contributed by atoms with E-state index in [1.165, 1.54) is 25.9 Å². The Hall–Kier alpha value is -2.22. The van der Waals surface area contributed by atoms with Gasteiger partial charge in [0.05, 0.1) is 25.7 Å². The molecule has 1 aromatic heterocycles. The molecular weight excluding hydrogens is 407 g/mol. The Kier molecular flexibility index (Phi) is 6.74. The van der Waals surface area contributed by atoms with Crippen molar-refractivity contribution in [3.05, 3.63) is 23.3 Å². The van der Waals surface area contributed by atoms with Crippen LogP contribution < -0.4 is 14.8 Å². The lowest BCUT2D eigenvalue weighted by molar-refractivity contribution is -0.131. The fourth-order valence-electron chi connectivity index (χ4n) is 4.59. The van der Waals surface area contributed by atoms with Crippen molar-refractivity contribution in [1.82, 2.24) is 9.88 Å². The molecule has 0 saturated carbocycles. The van der Waals surface area contributed by atoms with E-state index in [2.05, 4.69) is 15.2 Å².